The van der Waals surface area contributed by atoms with Crippen molar-refractivity contribution in [3.05, 3.63) is 50.1 Å². The minimum absolute atomic E-state index is 0.0723. The molecule has 0 N–H and O–H groups in total. The van der Waals surface area contributed by atoms with Gasteiger partial charge in [-0.15, -0.1) is 11.3 Å². The van der Waals surface area contributed by atoms with Crippen LogP contribution in [0.5, 0.6) is 0 Å². The molecule has 0 fully saturated rings. The fourth-order valence-corrected chi connectivity index (χ4v) is 5.64. The fourth-order valence-electron chi connectivity index (χ4n) is 3.27. The number of aromatic nitrogens is 2. The Balaban J connectivity index is 1.93. The highest BCUT2D eigenvalue weighted by atomic mass is 35.5. The van der Waals surface area contributed by atoms with E-state index in [0.717, 1.165) is 29.9 Å². The molecule has 6 nitrogen and oxygen atoms in total. The number of fused-ring (bicyclic) bond motifs is 3. The van der Waals surface area contributed by atoms with Crippen LogP contribution in [0.4, 0.5) is 0 Å². The van der Waals surface area contributed by atoms with Gasteiger partial charge in [0.1, 0.15) is 4.83 Å². The van der Waals surface area contributed by atoms with Gasteiger partial charge in [0, 0.05) is 23.0 Å². The molecule has 0 saturated carbocycles. The van der Waals surface area contributed by atoms with Crippen molar-refractivity contribution in [1.82, 2.24) is 14.5 Å². The van der Waals surface area contributed by atoms with Gasteiger partial charge in [0.05, 0.1) is 23.9 Å². The molecule has 1 aromatic carbocycles. The van der Waals surface area contributed by atoms with Gasteiger partial charge in [0.15, 0.2) is 5.16 Å². The van der Waals surface area contributed by atoms with Crippen LogP contribution in [0, 0.1) is 0 Å². The molecule has 0 unspecified atom stereocenters. The lowest BCUT2D eigenvalue weighted by atomic mass is 10.1. The highest BCUT2D eigenvalue weighted by Crippen LogP contribution is 2.34. The monoisotopic (exact) mass is 435 g/mol. The molecule has 0 saturated heterocycles. The lowest BCUT2D eigenvalue weighted by molar-refractivity contribution is -0.137. The summed E-state index contributed by atoms with van der Waals surface area (Å²) in [5, 5.41) is 1.66. The summed E-state index contributed by atoms with van der Waals surface area (Å²) < 4.78 is 6.28. The van der Waals surface area contributed by atoms with Crippen LogP contribution in [0.15, 0.2) is 34.2 Å². The minimum atomic E-state index is -0.371. The number of halogens is 1. The summed E-state index contributed by atoms with van der Waals surface area (Å²) in [6.45, 7) is 1.73. The molecule has 0 amide bonds. The number of esters is 1. The van der Waals surface area contributed by atoms with Crippen molar-refractivity contribution in [2.24, 2.45) is 0 Å². The van der Waals surface area contributed by atoms with E-state index in [1.165, 1.54) is 23.7 Å². The molecule has 3 aromatic rings. The number of benzene rings is 1. The molecule has 9 heteroatoms. The maximum absolute atomic E-state index is 13.5. The summed E-state index contributed by atoms with van der Waals surface area (Å²) in [5.74, 6) is -0.299. The van der Waals surface area contributed by atoms with Crippen molar-refractivity contribution in [2.75, 3.05) is 26.5 Å². The summed E-state index contributed by atoms with van der Waals surface area (Å²) in [5.41, 5.74) is 1.60. The first-order valence-corrected chi connectivity index (χ1v) is 10.9. The highest BCUT2D eigenvalue weighted by Gasteiger charge is 2.24. The molecule has 1 aliphatic heterocycles. The molecule has 1 aliphatic rings. The van der Waals surface area contributed by atoms with Gasteiger partial charge >= 0.3 is 5.97 Å². The number of hydrogen-bond donors (Lipinski definition) is 0. The molecule has 28 heavy (non-hydrogen) atoms. The third-order valence-electron chi connectivity index (χ3n) is 4.65. The van der Waals surface area contributed by atoms with Crippen molar-refractivity contribution in [3.63, 3.8) is 0 Å². The quantitative estimate of drug-likeness (QED) is 0.355. The first-order chi connectivity index (χ1) is 13.5. The van der Waals surface area contributed by atoms with Gasteiger partial charge in [-0.25, -0.2) is 4.98 Å². The van der Waals surface area contributed by atoms with Crippen LogP contribution in [0.2, 0.25) is 5.02 Å². The molecule has 0 aliphatic carbocycles. The molecule has 146 valence electrons. The van der Waals surface area contributed by atoms with Gasteiger partial charge in [-0.3, -0.25) is 14.2 Å². The van der Waals surface area contributed by atoms with Gasteiger partial charge in [0.2, 0.25) is 0 Å². The molecule has 0 radical (unpaired) electrons. The molecule has 4 rings (SSSR count). The average Bonchev–Trinajstić information content (AvgIpc) is 3.03. The Morgan fingerprint density at radius 1 is 1.43 bits per heavy atom. The van der Waals surface area contributed by atoms with Crippen molar-refractivity contribution in [3.8, 4) is 5.69 Å². The number of carbonyl (C=O) groups is 1. The number of hydrogen-bond acceptors (Lipinski definition) is 7. The van der Waals surface area contributed by atoms with Crippen molar-refractivity contribution in [2.45, 2.75) is 18.1 Å². The number of nitrogens with zero attached hydrogens (tertiary/aromatic N) is 3. The van der Waals surface area contributed by atoms with Crippen LogP contribution in [-0.4, -0.2) is 46.9 Å². The van der Waals surface area contributed by atoms with E-state index in [1.807, 2.05) is 6.07 Å². The molecular formula is C19H18ClN3O3S2. The maximum atomic E-state index is 13.5. The predicted molar refractivity (Wildman–Crippen MR) is 113 cm³/mol. The fraction of sp³-hybridized carbons (Fsp3) is 0.316. The number of ether oxygens (including phenoxy) is 1. The van der Waals surface area contributed by atoms with Gasteiger partial charge < -0.3 is 9.64 Å². The number of carbonyl (C=O) groups excluding carboxylic acids is 1. The summed E-state index contributed by atoms with van der Waals surface area (Å²) in [6.07, 6.45) is 0.826. The predicted octanol–water partition coefficient (Wildman–Crippen LogP) is 3.35. The van der Waals surface area contributed by atoms with Crippen LogP contribution >= 0.6 is 34.7 Å². The van der Waals surface area contributed by atoms with Gasteiger partial charge in [-0.1, -0.05) is 29.4 Å². The molecule has 2 aromatic heterocycles. The summed E-state index contributed by atoms with van der Waals surface area (Å²) in [6, 6.07) is 7.09. The number of rotatable bonds is 4. The van der Waals surface area contributed by atoms with Crippen molar-refractivity contribution < 1.29 is 9.53 Å². The Kier molecular flexibility index (Phi) is 5.46. The van der Waals surface area contributed by atoms with Crippen LogP contribution in [0.1, 0.15) is 10.4 Å². The highest BCUT2D eigenvalue weighted by molar-refractivity contribution is 7.99. The Hall–Kier alpha value is -1.87. The standard InChI is InChI=1S/C19H18ClN3O3S2/c1-22-7-6-13-14(9-22)28-17-16(13)18(25)23(12-5-3-4-11(20)8-12)19(21-17)27-10-15(24)26-2/h3-5,8H,6-7,9-10H2,1-2H3. The Labute approximate surface area is 175 Å². The Morgan fingerprint density at radius 2 is 2.25 bits per heavy atom. The third kappa shape index (κ3) is 3.57. The van der Waals surface area contributed by atoms with E-state index in [2.05, 4.69) is 11.9 Å². The van der Waals surface area contributed by atoms with Crippen LogP contribution < -0.4 is 5.56 Å². The third-order valence-corrected chi connectivity index (χ3v) is 6.91. The lowest BCUT2D eigenvalue weighted by Crippen LogP contribution is -2.27. The number of thiophene rings is 1. The van der Waals surface area contributed by atoms with E-state index < -0.39 is 0 Å². The first kappa shape index (κ1) is 19.4. The second kappa shape index (κ2) is 7.87. The van der Waals surface area contributed by atoms with E-state index in [9.17, 15) is 9.59 Å². The number of likely N-dealkylation sites (N-methyl/N-ethyl adjacent to an activating group) is 1. The minimum Gasteiger partial charge on any atom is -0.468 e. The van der Waals surface area contributed by atoms with Crippen LogP contribution in [-0.2, 0) is 22.5 Å². The topological polar surface area (TPSA) is 64.4 Å². The normalized spacial score (nSPS) is 14.2. The zero-order valence-corrected chi connectivity index (χ0v) is 17.8. The Bertz CT molecular complexity index is 1130. The zero-order chi connectivity index (χ0) is 19.8. The Morgan fingerprint density at radius 3 is 3.00 bits per heavy atom. The van der Waals surface area contributed by atoms with E-state index in [1.54, 1.807) is 34.1 Å². The second-order valence-corrected chi connectivity index (χ2v) is 9.01. The molecular weight excluding hydrogens is 418 g/mol. The van der Waals surface area contributed by atoms with E-state index in [-0.39, 0.29) is 17.3 Å². The summed E-state index contributed by atoms with van der Waals surface area (Å²) in [7, 11) is 3.41. The number of thioether (sulfide) groups is 1. The zero-order valence-electron chi connectivity index (χ0n) is 15.4. The molecule has 0 atom stereocenters. The van der Waals surface area contributed by atoms with E-state index >= 15 is 0 Å². The van der Waals surface area contributed by atoms with Crippen molar-refractivity contribution in [1.29, 1.82) is 0 Å². The average molecular weight is 436 g/mol. The van der Waals surface area contributed by atoms with E-state index in [0.29, 0.717) is 21.3 Å². The molecule has 0 spiro atoms. The maximum Gasteiger partial charge on any atom is 0.316 e. The molecule has 0 bridgehead atoms. The van der Waals surface area contributed by atoms with E-state index in [4.69, 9.17) is 21.3 Å². The van der Waals surface area contributed by atoms with Gasteiger partial charge in [0.25, 0.3) is 5.56 Å². The van der Waals surface area contributed by atoms with Gasteiger partial charge in [-0.05, 0) is 37.2 Å². The molecule has 3 heterocycles. The smallest absolute Gasteiger partial charge is 0.316 e. The van der Waals surface area contributed by atoms with Crippen LogP contribution in [0.3, 0.4) is 0 Å². The van der Waals surface area contributed by atoms with Crippen molar-refractivity contribution >= 4 is 50.9 Å². The SMILES string of the molecule is COC(=O)CSc1nc2sc3c(c2c(=O)n1-c1cccc(Cl)c1)CCN(C)C3. The summed E-state index contributed by atoms with van der Waals surface area (Å²) in [4.78, 5) is 34.1. The number of methoxy groups -OCH3 is 1. The summed E-state index contributed by atoms with van der Waals surface area (Å²) >= 11 is 8.90. The first-order valence-electron chi connectivity index (χ1n) is 8.69. The van der Waals surface area contributed by atoms with Crippen LogP contribution in [0.25, 0.3) is 15.9 Å². The largest absolute Gasteiger partial charge is 0.468 e. The van der Waals surface area contributed by atoms with Gasteiger partial charge in [-0.2, -0.15) is 0 Å². The second-order valence-electron chi connectivity index (χ2n) is 6.55. The lowest BCUT2D eigenvalue weighted by Gasteiger charge is -2.21.